The maximum absolute atomic E-state index is 13.7. The largest absolute Gasteiger partial charge is 0.494 e. The predicted molar refractivity (Wildman–Crippen MR) is 89.5 cm³/mol. The molecule has 1 aliphatic rings. The number of benzene rings is 1. The average Bonchev–Trinajstić information content (AvgIpc) is 2.55. The van der Waals surface area contributed by atoms with Crippen molar-refractivity contribution in [3.05, 3.63) is 24.0 Å². The highest BCUT2D eigenvalue weighted by Gasteiger charge is 2.26. The summed E-state index contributed by atoms with van der Waals surface area (Å²) in [5, 5.41) is 3.12. The van der Waals surface area contributed by atoms with Gasteiger partial charge in [0.1, 0.15) is 0 Å². The Kier molecular flexibility index (Phi) is 7.40. The number of carbonyl (C=O) groups excluding carboxylic acids is 1. The van der Waals surface area contributed by atoms with Gasteiger partial charge >= 0.3 is 0 Å². The molecule has 0 aliphatic carbocycles. The Bertz CT molecular complexity index is 681. The number of sulfonamides is 1. The third kappa shape index (κ3) is 4.56. The highest BCUT2D eigenvalue weighted by Crippen LogP contribution is 2.22. The van der Waals surface area contributed by atoms with Crippen LogP contribution in [0.2, 0.25) is 0 Å². The van der Waals surface area contributed by atoms with E-state index in [1.165, 1.54) is 26.3 Å². The molecule has 1 N–H and O–H groups in total. The van der Waals surface area contributed by atoms with Gasteiger partial charge in [0.05, 0.1) is 18.6 Å². The van der Waals surface area contributed by atoms with Gasteiger partial charge in [0.2, 0.25) is 15.9 Å². The number of hydrogen-bond acceptors (Lipinski definition) is 5. The fraction of sp³-hybridized carbons (Fsp3) is 0.500. The molecule has 2 rings (SSSR count). The van der Waals surface area contributed by atoms with Crippen molar-refractivity contribution < 1.29 is 22.3 Å². The number of hydrogen-bond donors (Lipinski definition) is 1. The van der Waals surface area contributed by atoms with E-state index in [0.717, 1.165) is 10.4 Å². The van der Waals surface area contributed by atoms with Gasteiger partial charge in [-0.1, -0.05) is 0 Å². The highest BCUT2D eigenvalue weighted by atomic mass is 35.5. The molecule has 0 radical (unpaired) electrons. The summed E-state index contributed by atoms with van der Waals surface area (Å²) < 4.78 is 44.3. The quantitative estimate of drug-likeness (QED) is 0.794. The first-order valence-corrected chi connectivity index (χ1v) is 8.58. The average molecular weight is 382 g/mol. The molecule has 7 nitrogen and oxygen atoms in total. The molecule has 0 spiro atoms. The molecule has 0 aromatic heterocycles. The standard InChI is InChI=1S/C14H20FN3O4S.ClH/c1-17(10-14(19)18-7-5-16-6-8-18)23(20,21)11-3-4-13(22-2)12(15)9-11;/h3-4,9,16H,5-8,10H2,1-2H3;1H. The van der Waals surface area contributed by atoms with Crippen molar-refractivity contribution in [2.75, 3.05) is 46.9 Å². The molecule has 1 fully saturated rings. The van der Waals surface area contributed by atoms with Crippen LogP contribution in [-0.4, -0.2) is 70.4 Å². The van der Waals surface area contributed by atoms with Crippen LogP contribution in [0.4, 0.5) is 4.39 Å². The van der Waals surface area contributed by atoms with Gasteiger partial charge in [-0.2, -0.15) is 4.31 Å². The molecule has 0 atom stereocenters. The summed E-state index contributed by atoms with van der Waals surface area (Å²) in [6.45, 7) is 2.18. The van der Waals surface area contributed by atoms with Crippen LogP contribution in [0.5, 0.6) is 5.75 Å². The number of rotatable bonds is 5. The molecule has 1 amide bonds. The molecule has 136 valence electrons. The molecule has 10 heteroatoms. The number of halogens is 2. The van der Waals surface area contributed by atoms with Crippen LogP contribution < -0.4 is 10.1 Å². The van der Waals surface area contributed by atoms with Gasteiger partial charge in [-0.05, 0) is 18.2 Å². The SMILES string of the molecule is COc1ccc(S(=O)(=O)N(C)CC(=O)N2CCNCC2)cc1F.Cl. The first-order valence-electron chi connectivity index (χ1n) is 7.14. The molecule has 0 saturated carbocycles. The first-order chi connectivity index (χ1) is 10.9. The molecule has 0 unspecified atom stereocenters. The highest BCUT2D eigenvalue weighted by molar-refractivity contribution is 7.89. The summed E-state index contributed by atoms with van der Waals surface area (Å²) in [5.41, 5.74) is 0. The van der Waals surface area contributed by atoms with E-state index in [0.29, 0.717) is 26.2 Å². The topological polar surface area (TPSA) is 79.0 Å². The fourth-order valence-corrected chi connectivity index (χ4v) is 3.41. The Labute approximate surface area is 147 Å². The Morgan fingerprint density at radius 2 is 2.00 bits per heavy atom. The van der Waals surface area contributed by atoms with Crippen LogP contribution in [0.25, 0.3) is 0 Å². The Balaban J connectivity index is 0.00000288. The summed E-state index contributed by atoms with van der Waals surface area (Å²) >= 11 is 0. The Morgan fingerprint density at radius 3 is 2.54 bits per heavy atom. The predicted octanol–water partition coefficient (Wildman–Crippen LogP) is 0.308. The Morgan fingerprint density at radius 1 is 1.38 bits per heavy atom. The number of likely N-dealkylation sites (N-methyl/N-ethyl adjacent to an activating group) is 1. The summed E-state index contributed by atoms with van der Waals surface area (Å²) in [7, 11) is -1.35. The zero-order chi connectivity index (χ0) is 17.0. The van der Waals surface area contributed by atoms with E-state index in [4.69, 9.17) is 4.74 Å². The van der Waals surface area contributed by atoms with Crippen LogP contribution in [0.15, 0.2) is 23.1 Å². The van der Waals surface area contributed by atoms with Crippen LogP contribution in [0.1, 0.15) is 0 Å². The summed E-state index contributed by atoms with van der Waals surface area (Å²) in [6, 6.07) is 3.39. The van der Waals surface area contributed by atoms with Gasteiger partial charge < -0.3 is 15.0 Å². The lowest BCUT2D eigenvalue weighted by Crippen LogP contribution is -2.49. The minimum Gasteiger partial charge on any atom is -0.494 e. The fourth-order valence-electron chi connectivity index (χ4n) is 2.28. The second kappa shape index (κ2) is 8.61. The minimum absolute atomic E-state index is 0. The molecule has 1 aromatic carbocycles. The van der Waals surface area contributed by atoms with Gasteiger partial charge in [0, 0.05) is 33.2 Å². The molecular weight excluding hydrogens is 361 g/mol. The number of methoxy groups -OCH3 is 1. The van der Waals surface area contributed by atoms with E-state index >= 15 is 0 Å². The number of nitrogens with zero attached hydrogens (tertiary/aromatic N) is 2. The monoisotopic (exact) mass is 381 g/mol. The van der Waals surface area contributed by atoms with Crippen molar-refractivity contribution in [3.63, 3.8) is 0 Å². The number of piperazine rings is 1. The third-order valence-corrected chi connectivity index (χ3v) is 5.46. The van der Waals surface area contributed by atoms with E-state index in [-0.39, 0.29) is 35.5 Å². The van der Waals surface area contributed by atoms with Gasteiger partial charge in [-0.25, -0.2) is 12.8 Å². The molecule has 1 heterocycles. The molecular formula is C14H21ClFN3O4S. The van der Waals surface area contributed by atoms with E-state index in [1.54, 1.807) is 4.90 Å². The molecule has 24 heavy (non-hydrogen) atoms. The maximum Gasteiger partial charge on any atom is 0.243 e. The van der Waals surface area contributed by atoms with E-state index in [1.807, 2.05) is 0 Å². The van der Waals surface area contributed by atoms with Crippen LogP contribution in [-0.2, 0) is 14.8 Å². The Hall–Kier alpha value is -1.42. The van der Waals surface area contributed by atoms with Crippen molar-refractivity contribution in [2.45, 2.75) is 4.90 Å². The van der Waals surface area contributed by atoms with Crippen molar-refractivity contribution in [2.24, 2.45) is 0 Å². The van der Waals surface area contributed by atoms with Crippen molar-refractivity contribution in [3.8, 4) is 5.75 Å². The minimum atomic E-state index is -3.95. The number of amides is 1. The lowest BCUT2D eigenvalue weighted by atomic mass is 10.3. The molecule has 1 aliphatic heterocycles. The third-order valence-electron chi connectivity index (χ3n) is 3.66. The number of nitrogens with one attached hydrogen (secondary N) is 1. The van der Waals surface area contributed by atoms with Crippen LogP contribution in [0.3, 0.4) is 0 Å². The zero-order valence-corrected chi connectivity index (χ0v) is 15.1. The first kappa shape index (κ1) is 20.6. The van der Waals surface area contributed by atoms with Crippen LogP contribution >= 0.6 is 12.4 Å². The van der Waals surface area contributed by atoms with E-state index in [2.05, 4.69) is 5.32 Å². The smallest absolute Gasteiger partial charge is 0.243 e. The van der Waals surface area contributed by atoms with Crippen molar-refractivity contribution in [1.82, 2.24) is 14.5 Å². The van der Waals surface area contributed by atoms with Crippen LogP contribution in [0, 0.1) is 5.82 Å². The van der Waals surface area contributed by atoms with Gasteiger partial charge in [0.15, 0.2) is 11.6 Å². The van der Waals surface area contributed by atoms with Gasteiger partial charge in [0.25, 0.3) is 0 Å². The number of carbonyl (C=O) groups is 1. The summed E-state index contributed by atoms with van der Waals surface area (Å²) in [6.07, 6.45) is 0. The van der Waals surface area contributed by atoms with Gasteiger partial charge in [-0.3, -0.25) is 4.79 Å². The van der Waals surface area contributed by atoms with E-state index in [9.17, 15) is 17.6 Å². The molecule has 1 saturated heterocycles. The molecule has 1 aromatic rings. The second-order valence-corrected chi connectivity index (χ2v) is 7.23. The maximum atomic E-state index is 13.7. The zero-order valence-electron chi connectivity index (χ0n) is 13.5. The second-order valence-electron chi connectivity index (χ2n) is 5.19. The van der Waals surface area contributed by atoms with E-state index < -0.39 is 15.8 Å². The number of ether oxygens (including phenoxy) is 1. The normalized spacial score (nSPS) is 15.1. The van der Waals surface area contributed by atoms with Crippen molar-refractivity contribution >= 4 is 28.3 Å². The van der Waals surface area contributed by atoms with Gasteiger partial charge in [-0.15, -0.1) is 12.4 Å². The lowest BCUT2D eigenvalue weighted by Gasteiger charge is -2.29. The lowest BCUT2D eigenvalue weighted by molar-refractivity contribution is -0.131. The summed E-state index contributed by atoms with van der Waals surface area (Å²) in [4.78, 5) is 13.5. The summed E-state index contributed by atoms with van der Waals surface area (Å²) in [5.74, 6) is -1.08. The molecule has 0 bridgehead atoms. The van der Waals surface area contributed by atoms with Crippen molar-refractivity contribution in [1.29, 1.82) is 0 Å².